The van der Waals surface area contributed by atoms with E-state index in [9.17, 15) is 0 Å². The predicted molar refractivity (Wildman–Crippen MR) is 80.4 cm³/mol. The minimum Gasteiger partial charge on any atom is -0.379 e. The topological polar surface area (TPSA) is 35.2 Å². The van der Waals surface area contributed by atoms with E-state index in [1.165, 1.54) is 11.1 Å². The van der Waals surface area contributed by atoms with Crippen LogP contribution in [-0.4, -0.2) is 18.8 Å². The summed E-state index contributed by atoms with van der Waals surface area (Å²) in [7, 11) is 0. The summed E-state index contributed by atoms with van der Waals surface area (Å²) in [5.41, 5.74) is 8.99. The van der Waals surface area contributed by atoms with Gasteiger partial charge in [0, 0.05) is 11.0 Å². The first-order valence-electron chi connectivity index (χ1n) is 7.27. The largest absolute Gasteiger partial charge is 0.379 e. The molecule has 0 amide bonds. The second kappa shape index (κ2) is 5.26. The van der Waals surface area contributed by atoms with E-state index in [1.807, 2.05) is 0 Å². The number of nitrogens with two attached hydrogens (primary N) is 1. The third-order valence-corrected chi connectivity index (χ3v) is 3.76. The molecule has 2 nitrogen and oxygen atoms in total. The average Bonchev–Trinajstić information content (AvgIpc) is 2.23. The second-order valence-corrected chi connectivity index (χ2v) is 7.23. The molecule has 1 fully saturated rings. The highest BCUT2D eigenvalue weighted by Crippen LogP contribution is 2.38. The predicted octanol–water partition coefficient (Wildman–Crippen LogP) is 3.28. The normalized spacial score (nSPS) is 18.4. The molecule has 0 unspecified atom stereocenters. The Morgan fingerprint density at radius 1 is 1.21 bits per heavy atom. The minimum atomic E-state index is -0.152. The molecule has 1 aromatic carbocycles. The fourth-order valence-electron chi connectivity index (χ4n) is 3.06. The molecule has 0 bridgehead atoms. The SMILES string of the molecule is CC(C)Cc1ccc(C2(CC(C)(C)N)COC2)cc1. The van der Waals surface area contributed by atoms with Crippen molar-refractivity contribution >= 4 is 0 Å². The standard InChI is InChI=1S/C17H27NO/c1-13(2)9-14-5-7-15(8-6-14)17(11-19-12-17)10-16(3,4)18/h5-8,13H,9-12,18H2,1-4H3. The van der Waals surface area contributed by atoms with Crippen LogP contribution in [0.15, 0.2) is 24.3 Å². The average molecular weight is 261 g/mol. The lowest BCUT2D eigenvalue weighted by atomic mass is 9.70. The van der Waals surface area contributed by atoms with Gasteiger partial charge < -0.3 is 10.5 Å². The summed E-state index contributed by atoms with van der Waals surface area (Å²) in [5.74, 6) is 0.704. The van der Waals surface area contributed by atoms with Gasteiger partial charge in [0.2, 0.25) is 0 Å². The molecule has 0 spiro atoms. The Bertz CT molecular complexity index is 410. The lowest BCUT2D eigenvalue weighted by Crippen LogP contribution is -2.53. The van der Waals surface area contributed by atoms with Gasteiger partial charge in [0.1, 0.15) is 0 Å². The van der Waals surface area contributed by atoms with Gasteiger partial charge in [-0.2, -0.15) is 0 Å². The maximum absolute atomic E-state index is 6.21. The molecular formula is C17H27NO. The first-order valence-corrected chi connectivity index (χ1v) is 7.27. The van der Waals surface area contributed by atoms with E-state index in [-0.39, 0.29) is 11.0 Å². The lowest BCUT2D eigenvalue weighted by molar-refractivity contribution is -0.0719. The summed E-state index contributed by atoms with van der Waals surface area (Å²) < 4.78 is 5.48. The molecule has 2 heteroatoms. The number of ether oxygens (including phenoxy) is 1. The van der Waals surface area contributed by atoms with Crippen molar-refractivity contribution in [1.29, 1.82) is 0 Å². The van der Waals surface area contributed by atoms with Crippen LogP contribution in [0.25, 0.3) is 0 Å². The van der Waals surface area contributed by atoms with Crippen LogP contribution in [0.3, 0.4) is 0 Å². The monoisotopic (exact) mass is 261 g/mol. The second-order valence-electron chi connectivity index (χ2n) is 7.23. The number of benzene rings is 1. The highest BCUT2D eigenvalue weighted by Gasteiger charge is 2.43. The Morgan fingerprint density at radius 3 is 2.16 bits per heavy atom. The van der Waals surface area contributed by atoms with Gasteiger partial charge in [-0.3, -0.25) is 0 Å². The number of rotatable bonds is 5. The molecule has 1 aromatic rings. The van der Waals surface area contributed by atoms with Crippen LogP contribution in [0.1, 0.15) is 45.2 Å². The molecule has 1 aliphatic heterocycles. The summed E-state index contributed by atoms with van der Waals surface area (Å²) in [6.45, 7) is 10.3. The summed E-state index contributed by atoms with van der Waals surface area (Å²) in [6.07, 6.45) is 2.12. The number of hydrogen-bond donors (Lipinski definition) is 1. The molecule has 0 aliphatic carbocycles. The van der Waals surface area contributed by atoms with E-state index in [0.717, 1.165) is 26.1 Å². The van der Waals surface area contributed by atoms with Gasteiger partial charge in [-0.25, -0.2) is 0 Å². The quantitative estimate of drug-likeness (QED) is 0.883. The van der Waals surface area contributed by atoms with Gasteiger partial charge in [-0.15, -0.1) is 0 Å². The van der Waals surface area contributed by atoms with Gasteiger partial charge >= 0.3 is 0 Å². The molecule has 1 saturated heterocycles. The Morgan fingerprint density at radius 2 is 1.79 bits per heavy atom. The van der Waals surface area contributed by atoms with Gasteiger partial charge in [-0.05, 0) is 43.7 Å². The van der Waals surface area contributed by atoms with Crippen molar-refractivity contribution < 1.29 is 4.74 Å². The van der Waals surface area contributed by atoms with Crippen LogP contribution >= 0.6 is 0 Å². The van der Waals surface area contributed by atoms with Gasteiger partial charge in [0.05, 0.1) is 13.2 Å². The molecule has 2 N–H and O–H groups in total. The molecule has 1 heterocycles. The van der Waals surface area contributed by atoms with Crippen molar-refractivity contribution in [1.82, 2.24) is 0 Å². The maximum atomic E-state index is 6.21. The van der Waals surface area contributed by atoms with Crippen LogP contribution in [0, 0.1) is 5.92 Å². The highest BCUT2D eigenvalue weighted by atomic mass is 16.5. The van der Waals surface area contributed by atoms with Crippen molar-refractivity contribution in [2.45, 2.75) is 51.5 Å². The third kappa shape index (κ3) is 3.58. The maximum Gasteiger partial charge on any atom is 0.0586 e. The highest BCUT2D eigenvalue weighted by molar-refractivity contribution is 5.32. The van der Waals surface area contributed by atoms with E-state index < -0.39 is 0 Å². The molecule has 0 aromatic heterocycles. The number of hydrogen-bond acceptors (Lipinski definition) is 2. The van der Waals surface area contributed by atoms with Crippen LogP contribution in [0.4, 0.5) is 0 Å². The molecule has 0 atom stereocenters. The van der Waals surface area contributed by atoms with Crippen molar-refractivity contribution in [3.8, 4) is 0 Å². The molecular weight excluding hydrogens is 234 g/mol. The van der Waals surface area contributed by atoms with Crippen molar-refractivity contribution in [3.05, 3.63) is 35.4 Å². The third-order valence-electron chi connectivity index (χ3n) is 3.76. The zero-order chi connectivity index (χ0) is 14.1. The van der Waals surface area contributed by atoms with Gasteiger partial charge in [0.15, 0.2) is 0 Å². The van der Waals surface area contributed by atoms with E-state index in [1.54, 1.807) is 0 Å². The summed E-state index contributed by atoms with van der Waals surface area (Å²) in [6, 6.07) is 9.07. The fourth-order valence-corrected chi connectivity index (χ4v) is 3.06. The van der Waals surface area contributed by atoms with E-state index in [0.29, 0.717) is 5.92 Å². The van der Waals surface area contributed by atoms with E-state index in [2.05, 4.69) is 52.0 Å². The summed E-state index contributed by atoms with van der Waals surface area (Å²) in [5, 5.41) is 0. The summed E-state index contributed by atoms with van der Waals surface area (Å²) >= 11 is 0. The zero-order valence-corrected chi connectivity index (χ0v) is 12.7. The lowest BCUT2D eigenvalue weighted by Gasteiger charge is -2.45. The first-order chi connectivity index (χ1) is 8.81. The van der Waals surface area contributed by atoms with Crippen LogP contribution in [0.5, 0.6) is 0 Å². The smallest absolute Gasteiger partial charge is 0.0586 e. The zero-order valence-electron chi connectivity index (χ0n) is 12.7. The molecule has 2 rings (SSSR count). The Labute approximate surface area is 117 Å². The molecule has 0 saturated carbocycles. The van der Waals surface area contributed by atoms with Gasteiger partial charge in [0.25, 0.3) is 0 Å². The van der Waals surface area contributed by atoms with Crippen LogP contribution in [-0.2, 0) is 16.6 Å². The molecule has 1 aliphatic rings. The van der Waals surface area contributed by atoms with Crippen LogP contribution in [0.2, 0.25) is 0 Å². The van der Waals surface area contributed by atoms with Crippen molar-refractivity contribution in [2.24, 2.45) is 11.7 Å². The summed E-state index contributed by atoms with van der Waals surface area (Å²) in [4.78, 5) is 0. The van der Waals surface area contributed by atoms with Crippen LogP contribution < -0.4 is 5.73 Å². The van der Waals surface area contributed by atoms with Crippen molar-refractivity contribution in [2.75, 3.05) is 13.2 Å². The minimum absolute atomic E-state index is 0.134. The van der Waals surface area contributed by atoms with Crippen molar-refractivity contribution in [3.63, 3.8) is 0 Å². The Balaban J connectivity index is 2.15. The molecule has 0 radical (unpaired) electrons. The molecule has 19 heavy (non-hydrogen) atoms. The fraction of sp³-hybridized carbons (Fsp3) is 0.647. The first kappa shape index (κ1) is 14.5. The Kier molecular flexibility index (Phi) is 4.03. The Hall–Kier alpha value is -0.860. The van der Waals surface area contributed by atoms with E-state index >= 15 is 0 Å². The van der Waals surface area contributed by atoms with E-state index in [4.69, 9.17) is 10.5 Å². The van der Waals surface area contributed by atoms with Gasteiger partial charge in [-0.1, -0.05) is 38.1 Å². The molecule has 106 valence electrons.